The van der Waals surface area contributed by atoms with Crippen molar-refractivity contribution in [3.8, 4) is 5.75 Å². The van der Waals surface area contributed by atoms with Crippen LogP contribution in [0.4, 0.5) is 8.78 Å². The van der Waals surface area contributed by atoms with Crippen molar-refractivity contribution >= 4 is 11.0 Å². The minimum atomic E-state index is -1.37. The number of nitrogens with zero attached hydrogens (tertiary/aromatic N) is 3. The molecule has 0 spiro atoms. The SMILES string of the molecule is [N-]=[N+]=NCc1cc(=O)oc2c(F)c(O)c(F)cc12. The lowest BCUT2D eigenvalue weighted by molar-refractivity contribution is 0.392. The van der Waals surface area contributed by atoms with Crippen molar-refractivity contribution < 1.29 is 18.3 Å². The highest BCUT2D eigenvalue weighted by molar-refractivity contribution is 5.82. The molecule has 0 aliphatic rings. The molecule has 0 aliphatic carbocycles. The second-order valence-electron chi connectivity index (χ2n) is 3.38. The van der Waals surface area contributed by atoms with E-state index in [1.165, 1.54) is 0 Å². The Morgan fingerprint density at radius 3 is 2.83 bits per heavy atom. The zero-order valence-corrected chi connectivity index (χ0v) is 8.72. The molecule has 0 saturated carbocycles. The van der Waals surface area contributed by atoms with Crippen LogP contribution >= 0.6 is 0 Å². The number of phenolic OH excluding ortho intramolecular Hbond substituents is 1. The summed E-state index contributed by atoms with van der Waals surface area (Å²) in [5.74, 6) is -3.80. The third-order valence-corrected chi connectivity index (χ3v) is 2.29. The van der Waals surface area contributed by atoms with Crippen molar-refractivity contribution in [1.29, 1.82) is 0 Å². The smallest absolute Gasteiger partial charge is 0.336 e. The second-order valence-corrected chi connectivity index (χ2v) is 3.38. The molecule has 0 unspecified atom stereocenters. The van der Waals surface area contributed by atoms with Crippen LogP contribution in [0, 0.1) is 11.6 Å². The third-order valence-electron chi connectivity index (χ3n) is 2.29. The summed E-state index contributed by atoms with van der Waals surface area (Å²) in [7, 11) is 0. The first-order valence-corrected chi connectivity index (χ1v) is 4.69. The first-order chi connectivity index (χ1) is 8.54. The monoisotopic (exact) mass is 253 g/mol. The minimum Gasteiger partial charge on any atom is -0.503 e. The Kier molecular flexibility index (Phi) is 2.86. The molecule has 6 nitrogen and oxygen atoms in total. The van der Waals surface area contributed by atoms with Crippen LogP contribution in [-0.2, 0) is 6.54 Å². The Hall–Kier alpha value is -2.60. The summed E-state index contributed by atoms with van der Waals surface area (Å²) in [4.78, 5) is 13.7. The number of hydrogen-bond donors (Lipinski definition) is 1. The van der Waals surface area contributed by atoms with Crippen LogP contribution < -0.4 is 5.63 Å². The third kappa shape index (κ3) is 1.85. The summed E-state index contributed by atoms with van der Waals surface area (Å²) in [6.45, 7) is -0.262. The van der Waals surface area contributed by atoms with E-state index >= 15 is 0 Å². The van der Waals surface area contributed by atoms with E-state index in [0.717, 1.165) is 12.1 Å². The van der Waals surface area contributed by atoms with E-state index < -0.39 is 28.6 Å². The second kappa shape index (κ2) is 4.34. The molecule has 92 valence electrons. The summed E-state index contributed by atoms with van der Waals surface area (Å²) in [6.07, 6.45) is 0. The molecule has 0 radical (unpaired) electrons. The van der Waals surface area contributed by atoms with Crippen molar-refractivity contribution in [2.75, 3.05) is 0 Å². The van der Waals surface area contributed by atoms with E-state index in [-0.39, 0.29) is 17.5 Å². The molecular weight excluding hydrogens is 248 g/mol. The lowest BCUT2D eigenvalue weighted by atomic mass is 10.1. The van der Waals surface area contributed by atoms with Gasteiger partial charge in [0, 0.05) is 16.4 Å². The van der Waals surface area contributed by atoms with Gasteiger partial charge in [0.1, 0.15) is 0 Å². The lowest BCUT2D eigenvalue weighted by Gasteiger charge is -2.05. The zero-order chi connectivity index (χ0) is 13.3. The van der Waals surface area contributed by atoms with Crippen LogP contribution in [0.15, 0.2) is 26.5 Å². The highest BCUT2D eigenvalue weighted by atomic mass is 19.1. The van der Waals surface area contributed by atoms with Crippen LogP contribution in [0.5, 0.6) is 5.75 Å². The molecule has 0 bridgehead atoms. The van der Waals surface area contributed by atoms with Crippen LogP contribution in [0.3, 0.4) is 0 Å². The number of hydrogen-bond acceptors (Lipinski definition) is 4. The van der Waals surface area contributed by atoms with Gasteiger partial charge in [-0.05, 0) is 17.2 Å². The van der Waals surface area contributed by atoms with Crippen LogP contribution in [-0.4, -0.2) is 5.11 Å². The summed E-state index contributed by atoms with van der Waals surface area (Å²) in [5.41, 5.74) is 6.83. The van der Waals surface area contributed by atoms with E-state index in [1.807, 2.05) is 0 Å². The predicted molar refractivity (Wildman–Crippen MR) is 56.9 cm³/mol. The fourth-order valence-corrected chi connectivity index (χ4v) is 1.52. The average Bonchev–Trinajstić information content (AvgIpc) is 2.34. The number of aromatic hydroxyl groups is 1. The van der Waals surface area contributed by atoms with E-state index in [4.69, 9.17) is 10.6 Å². The average molecular weight is 253 g/mol. The van der Waals surface area contributed by atoms with Crippen molar-refractivity contribution in [2.24, 2.45) is 5.11 Å². The summed E-state index contributed by atoms with van der Waals surface area (Å²) in [5, 5.41) is 12.2. The molecule has 1 aromatic carbocycles. The molecule has 1 heterocycles. The maximum absolute atomic E-state index is 13.5. The molecule has 18 heavy (non-hydrogen) atoms. The Morgan fingerprint density at radius 2 is 2.17 bits per heavy atom. The van der Waals surface area contributed by atoms with Gasteiger partial charge in [-0.1, -0.05) is 5.11 Å². The van der Waals surface area contributed by atoms with Crippen molar-refractivity contribution in [3.63, 3.8) is 0 Å². The highest BCUT2D eigenvalue weighted by Gasteiger charge is 2.17. The topological polar surface area (TPSA) is 99.2 Å². The molecule has 0 amide bonds. The number of phenols is 1. The van der Waals surface area contributed by atoms with Gasteiger partial charge < -0.3 is 9.52 Å². The van der Waals surface area contributed by atoms with Gasteiger partial charge in [0.2, 0.25) is 5.82 Å². The van der Waals surface area contributed by atoms with Crippen LogP contribution in [0.25, 0.3) is 21.4 Å². The molecule has 2 aromatic rings. The summed E-state index contributed by atoms with van der Waals surface area (Å²) < 4.78 is 31.3. The Bertz CT molecular complexity index is 735. The van der Waals surface area contributed by atoms with Crippen LogP contribution in [0.1, 0.15) is 5.56 Å². The fraction of sp³-hybridized carbons (Fsp3) is 0.100. The van der Waals surface area contributed by atoms with Gasteiger partial charge in [-0.2, -0.15) is 4.39 Å². The molecule has 0 atom stereocenters. The quantitative estimate of drug-likeness (QED) is 0.385. The molecular formula is C10H5F2N3O3. The van der Waals surface area contributed by atoms with E-state index in [9.17, 15) is 13.6 Å². The Balaban J connectivity index is 2.87. The molecule has 0 aliphatic heterocycles. The maximum Gasteiger partial charge on any atom is 0.336 e. The van der Waals surface area contributed by atoms with Crippen molar-refractivity contribution in [3.05, 3.63) is 50.2 Å². The lowest BCUT2D eigenvalue weighted by Crippen LogP contribution is -2.02. The van der Waals surface area contributed by atoms with Gasteiger partial charge in [0.15, 0.2) is 17.1 Å². The van der Waals surface area contributed by atoms with Crippen LogP contribution in [0.2, 0.25) is 0 Å². The first kappa shape index (κ1) is 11.9. The normalized spacial score (nSPS) is 10.3. The Morgan fingerprint density at radius 1 is 1.44 bits per heavy atom. The van der Waals surface area contributed by atoms with Gasteiger partial charge in [-0.15, -0.1) is 0 Å². The van der Waals surface area contributed by atoms with E-state index in [1.54, 1.807) is 0 Å². The standard InChI is InChI=1S/C10H5F2N3O3/c11-6-2-5-4(3-14-15-13)1-7(16)18-10(5)8(12)9(6)17/h1-2,17H,3H2. The van der Waals surface area contributed by atoms with Crippen molar-refractivity contribution in [1.82, 2.24) is 0 Å². The van der Waals surface area contributed by atoms with E-state index in [2.05, 4.69) is 14.4 Å². The molecule has 8 heteroatoms. The predicted octanol–water partition coefficient (Wildman–Crippen LogP) is 2.59. The number of benzene rings is 1. The number of azide groups is 1. The highest BCUT2D eigenvalue weighted by Crippen LogP contribution is 2.29. The van der Waals surface area contributed by atoms with Gasteiger partial charge in [0.25, 0.3) is 0 Å². The maximum atomic E-state index is 13.5. The first-order valence-electron chi connectivity index (χ1n) is 4.69. The molecule has 1 N–H and O–H groups in total. The number of fused-ring (bicyclic) bond motifs is 1. The minimum absolute atomic E-state index is 0.0743. The molecule has 1 aromatic heterocycles. The largest absolute Gasteiger partial charge is 0.503 e. The number of halogens is 2. The summed E-state index contributed by atoms with van der Waals surface area (Å²) in [6, 6.07) is 1.77. The molecule has 2 rings (SSSR count). The van der Waals surface area contributed by atoms with Gasteiger partial charge >= 0.3 is 5.63 Å². The summed E-state index contributed by atoms with van der Waals surface area (Å²) >= 11 is 0. The molecule has 0 saturated heterocycles. The fourth-order valence-electron chi connectivity index (χ4n) is 1.52. The molecule has 0 fully saturated rings. The van der Waals surface area contributed by atoms with Gasteiger partial charge in [-0.25, -0.2) is 9.18 Å². The van der Waals surface area contributed by atoms with E-state index in [0.29, 0.717) is 0 Å². The van der Waals surface area contributed by atoms with Crippen molar-refractivity contribution in [2.45, 2.75) is 6.54 Å². The van der Waals surface area contributed by atoms with Gasteiger partial charge in [0.05, 0.1) is 6.54 Å². The number of rotatable bonds is 2. The van der Waals surface area contributed by atoms with Gasteiger partial charge in [-0.3, -0.25) is 0 Å². The zero-order valence-electron chi connectivity index (χ0n) is 8.72. The Labute approximate surface area is 97.7 Å².